The zero-order valence-corrected chi connectivity index (χ0v) is 25.3. The third-order valence-corrected chi connectivity index (χ3v) is 13.5. The zero-order valence-electron chi connectivity index (χ0n) is 25.3. The summed E-state index contributed by atoms with van der Waals surface area (Å²) in [4.78, 5) is 11.6. The first-order chi connectivity index (χ1) is 16.9. The normalized spacial score (nSPS) is 50.3. The van der Waals surface area contributed by atoms with Gasteiger partial charge in [-0.1, -0.05) is 80.7 Å². The molecule has 2 heteroatoms. The molecule has 2 nitrogen and oxygen atoms in total. The molecular formula is C34H58O2. The highest BCUT2D eigenvalue weighted by atomic mass is 16.5. The molecule has 8 unspecified atom stereocenters. The van der Waals surface area contributed by atoms with Gasteiger partial charge in [-0.15, -0.1) is 0 Å². The van der Waals surface area contributed by atoms with Gasteiger partial charge in [0.1, 0.15) is 6.29 Å². The third kappa shape index (κ3) is 3.93. The Balaban J connectivity index is 1.67. The maximum atomic E-state index is 11.6. The summed E-state index contributed by atoms with van der Waals surface area (Å²) in [6.45, 7) is 22.3. The van der Waals surface area contributed by atoms with Gasteiger partial charge in [0, 0.05) is 5.41 Å². The van der Waals surface area contributed by atoms with Gasteiger partial charge in [-0.25, -0.2) is 0 Å². The molecule has 4 fully saturated rings. The Morgan fingerprint density at radius 3 is 2.44 bits per heavy atom. The summed E-state index contributed by atoms with van der Waals surface area (Å²) in [7, 11) is 0. The quantitative estimate of drug-likeness (QED) is 0.234. The molecule has 4 rings (SSSR count). The van der Waals surface area contributed by atoms with Crippen LogP contribution in [0.15, 0.2) is 11.6 Å². The molecule has 1 spiro atoms. The van der Waals surface area contributed by atoms with E-state index in [0.717, 1.165) is 24.5 Å². The second-order valence-corrected chi connectivity index (χ2v) is 14.8. The van der Waals surface area contributed by atoms with Gasteiger partial charge in [0.15, 0.2) is 0 Å². The largest absolute Gasteiger partial charge is 0.370 e. The fraction of sp³-hybridized carbons (Fsp3) is 0.912. The Kier molecular flexibility index (Phi) is 7.76. The molecule has 0 radical (unpaired) electrons. The Morgan fingerprint density at radius 1 is 1.11 bits per heavy atom. The van der Waals surface area contributed by atoms with Gasteiger partial charge < -0.3 is 4.74 Å². The lowest BCUT2D eigenvalue weighted by molar-refractivity contribution is -0.142. The highest BCUT2D eigenvalue weighted by molar-refractivity contribution is 5.66. The van der Waals surface area contributed by atoms with Crippen molar-refractivity contribution in [1.29, 1.82) is 0 Å². The monoisotopic (exact) mass is 498 g/mol. The van der Waals surface area contributed by atoms with Crippen LogP contribution < -0.4 is 0 Å². The molecule has 3 saturated carbocycles. The summed E-state index contributed by atoms with van der Waals surface area (Å²) in [6.07, 6.45) is 18.4. The molecule has 1 aliphatic heterocycles. The Bertz CT molecular complexity index is 846. The van der Waals surface area contributed by atoms with Crippen LogP contribution in [0.2, 0.25) is 0 Å². The average molecular weight is 499 g/mol. The topological polar surface area (TPSA) is 26.3 Å². The van der Waals surface area contributed by atoms with Gasteiger partial charge >= 0.3 is 0 Å². The molecule has 1 saturated heterocycles. The Hall–Kier alpha value is -0.630. The lowest BCUT2D eigenvalue weighted by atomic mass is 9.53. The molecule has 0 aromatic carbocycles. The number of carbonyl (C=O) groups excluding carboxylic acids is 1. The summed E-state index contributed by atoms with van der Waals surface area (Å²) in [5.41, 5.74) is 2.61. The maximum absolute atomic E-state index is 11.6. The predicted octanol–water partition coefficient (Wildman–Crippen LogP) is 9.56. The minimum atomic E-state index is 0.0364. The summed E-state index contributed by atoms with van der Waals surface area (Å²) in [5.74, 6) is 2.72. The van der Waals surface area contributed by atoms with Crippen LogP contribution in [0.3, 0.4) is 0 Å². The van der Waals surface area contributed by atoms with Gasteiger partial charge in [0.05, 0.1) is 11.7 Å². The lowest BCUT2D eigenvalue weighted by Gasteiger charge is -2.52. The molecule has 1 heterocycles. The molecule has 10 atom stereocenters. The van der Waals surface area contributed by atoms with E-state index < -0.39 is 0 Å². The molecule has 0 amide bonds. The van der Waals surface area contributed by atoms with Crippen molar-refractivity contribution in [2.45, 2.75) is 151 Å². The van der Waals surface area contributed by atoms with Crippen LogP contribution in [0.4, 0.5) is 0 Å². The number of hydrogen-bond acceptors (Lipinski definition) is 2. The molecule has 206 valence electrons. The minimum absolute atomic E-state index is 0.0364. The Morgan fingerprint density at radius 2 is 1.83 bits per heavy atom. The molecule has 0 aromatic heterocycles. The van der Waals surface area contributed by atoms with Crippen LogP contribution in [0.5, 0.6) is 0 Å². The Labute approximate surface area is 223 Å². The van der Waals surface area contributed by atoms with E-state index in [-0.39, 0.29) is 21.8 Å². The first-order valence-corrected chi connectivity index (χ1v) is 15.8. The first kappa shape index (κ1) is 28.4. The number of fused-ring (bicyclic) bond motifs is 2. The van der Waals surface area contributed by atoms with E-state index in [2.05, 4.69) is 62.3 Å². The summed E-state index contributed by atoms with van der Waals surface area (Å²) >= 11 is 0. The van der Waals surface area contributed by atoms with E-state index >= 15 is 0 Å². The van der Waals surface area contributed by atoms with Crippen LogP contribution in [-0.2, 0) is 9.53 Å². The molecule has 0 bridgehead atoms. The van der Waals surface area contributed by atoms with E-state index in [0.29, 0.717) is 23.4 Å². The molecule has 0 aromatic rings. The van der Waals surface area contributed by atoms with Crippen LogP contribution in [0.25, 0.3) is 0 Å². The minimum Gasteiger partial charge on any atom is -0.370 e. The zero-order chi connectivity index (χ0) is 26.6. The van der Waals surface area contributed by atoms with Crippen molar-refractivity contribution < 1.29 is 9.53 Å². The fourth-order valence-electron chi connectivity index (χ4n) is 10.3. The van der Waals surface area contributed by atoms with E-state index in [4.69, 9.17) is 4.74 Å². The van der Waals surface area contributed by atoms with Crippen molar-refractivity contribution in [1.82, 2.24) is 0 Å². The van der Waals surface area contributed by atoms with E-state index in [1.54, 1.807) is 0 Å². The van der Waals surface area contributed by atoms with Gasteiger partial charge in [-0.3, -0.25) is 4.79 Å². The van der Waals surface area contributed by atoms with E-state index in [1.165, 1.54) is 76.2 Å². The van der Waals surface area contributed by atoms with Crippen molar-refractivity contribution >= 4 is 6.29 Å². The van der Waals surface area contributed by atoms with Crippen LogP contribution in [0, 0.1) is 45.3 Å². The van der Waals surface area contributed by atoms with E-state index in [1.807, 2.05) is 6.08 Å². The van der Waals surface area contributed by atoms with Crippen LogP contribution in [-0.4, -0.2) is 18.0 Å². The van der Waals surface area contributed by atoms with Crippen LogP contribution >= 0.6 is 0 Å². The average Bonchev–Trinajstić information content (AvgIpc) is 3.42. The lowest BCUT2D eigenvalue weighted by Crippen LogP contribution is -2.51. The standard InChI is InChI=1S/C34H58O2/c1-10-17-31(8)27(16-20-35)15-14-25(5)28(31)22-33-18-13-19-34(32(33,9)23-33)26(6)30(7,12-3)29(36-34)21-24(4)11-2/h16,20,24-26,28-29H,10-15,17-19,21-23H2,1-9H3/b27-16-/t24?,25?,26-,28?,29-,30?,31?,32?,33?,34?/m1/s1. The first-order valence-electron chi connectivity index (χ1n) is 15.8. The maximum Gasteiger partial charge on any atom is 0.142 e. The van der Waals surface area contributed by atoms with Crippen LogP contribution in [0.1, 0.15) is 139 Å². The molecule has 36 heavy (non-hydrogen) atoms. The van der Waals surface area contributed by atoms with Crippen molar-refractivity contribution in [2.75, 3.05) is 0 Å². The van der Waals surface area contributed by atoms with Crippen molar-refractivity contribution in [2.24, 2.45) is 45.3 Å². The summed E-state index contributed by atoms with van der Waals surface area (Å²) in [5, 5.41) is 0. The molecule has 0 N–H and O–H groups in total. The molecule has 3 aliphatic carbocycles. The summed E-state index contributed by atoms with van der Waals surface area (Å²) in [6, 6.07) is 0. The third-order valence-electron chi connectivity index (χ3n) is 13.5. The van der Waals surface area contributed by atoms with Gasteiger partial charge in [-0.2, -0.15) is 0 Å². The van der Waals surface area contributed by atoms with Crippen molar-refractivity contribution in [3.8, 4) is 0 Å². The number of allylic oxidation sites excluding steroid dienone is 2. The SMILES string of the molecule is CCCC1(C)/C(=C\C=O)CCC(C)C1CC12CCCC3(O[C@H](CC(C)CC)C(C)(CC)[C@H]3C)C1(C)C2. The van der Waals surface area contributed by atoms with Crippen molar-refractivity contribution in [3.05, 3.63) is 11.6 Å². The second kappa shape index (κ2) is 9.84. The summed E-state index contributed by atoms with van der Waals surface area (Å²) < 4.78 is 7.48. The number of rotatable bonds is 9. The number of carbonyl (C=O) groups is 1. The molecular weight excluding hydrogens is 440 g/mol. The number of aldehydes is 1. The highest BCUT2D eigenvalue weighted by Crippen LogP contribution is 2.82. The number of hydrogen-bond donors (Lipinski definition) is 0. The van der Waals surface area contributed by atoms with Gasteiger partial charge in [0.25, 0.3) is 0 Å². The predicted molar refractivity (Wildman–Crippen MR) is 152 cm³/mol. The smallest absolute Gasteiger partial charge is 0.142 e. The fourth-order valence-corrected chi connectivity index (χ4v) is 10.3. The van der Waals surface area contributed by atoms with Gasteiger partial charge in [-0.05, 0) is 110 Å². The second-order valence-electron chi connectivity index (χ2n) is 14.8. The highest BCUT2D eigenvalue weighted by Gasteiger charge is 2.79. The number of ether oxygens (including phenoxy) is 1. The van der Waals surface area contributed by atoms with Crippen molar-refractivity contribution in [3.63, 3.8) is 0 Å². The van der Waals surface area contributed by atoms with Gasteiger partial charge in [0.2, 0.25) is 0 Å². The molecule has 4 aliphatic rings. The van der Waals surface area contributed by atoms with E-state index in [9.17, 15) is 4.79 Å².